The maximum atomic E-state index is 11.7. The fraction of sp³-hybridized carbons (Fsp3) is 0.273. The molecule has 6 heteroatoms. The number of nitrogens with one attached hydrogen (secondary N) is 1. The predicted molar refractivity (Wildman–Crippen MR) is 61.5 cm³/mol. The fourth-order valence-corrected chi connectivity index (χ4v) is 1.95. The van der Waals surface area contributed by atoms with E-state index in [1.165, 1.54) is 4.90 Å². The molecule has 1 fully saturated rings. The number of halogens is 1. The number of hydrogen-bond acceptors (Lipinski definition) is 3. The lowest BCUT2D eigenvalue weighted by atomic mass is 10.1. The van der Waals surface area contributed by atoms with E-state index >= 15 is 0 Å². The number of carbonyl (C=O) groups excluding carboxylic acids is 2. The lowest BCUT2D eigenvalue weighted by molar-refractivity contribution is -0.121. The molecule has 2 N–H and O–H groups in total. The SMILES string of the molecule is O=C1NC(=O)N(CCO)C1c1ccc(Cl)cc1. The molecule has 1 heterocycles. The number of urea groups is 1. The lowest BCUT2D eigenvalue weighted by Gasteiger charge is -2.20. The fourth-order valence-electron chi connectivity index (χ4n) is 1.82. The minimum absolute atomic E-state index is 0.116. The topological polar surface area (TPSA) is 69.6 Å². The molecule has 0 bridgehead atoms. The molecule has 1 atom stereocenters. The van der Waals surface area contributed by atoms with Crippen LogP contribution in [0.3, 0.4) is 0 Å². The molecule has 1 aliphatic rings. The molecule has 0 aliphatic carbocycles. The summed E-state index contributed by atoms with van der Waals surface area (Å²) in [6.45, 7) is -0.0738. The molecule has 0 spiro atoms. The zero-order valence-electron chi connectivity index (χ0n) is 8.89. The largest absolute Gasteiger partial charge is 0.395 e. The van der Waals surface area contributed by atoms with Crippen molar-refractivity contribution in [2.75, 3.05) is 13.2 Å². The summed E-state index contributed by atoms with van der Waals surface area (Å²) in [5.41, 5.74) is 0.672. The molecule has 1 unspecified atom stereocenters. The molecular formula is C11H11ClN2O3. The van der Waals surface area contributed by atoms with Crippen molar-refractivity contribution >= 4 is 23.5 Å². The standard InChI is InChI=1S/C11H11ClN2O3/c12-8-3-1-7(2-4-8)9-10(16)13-11(17)14(9)5-6-15/h1-4,9,15H,5-6H2,(H,13,16,17). The van der Waals surface area contributed by atoms with Gasteiger partial charge in [0.05, 0.1) is 6.61 Å². The van der Waals surface area contributed by atoms with Crippen LogP contribution >= 0.6 is 11.6 Å². The van der Waals surface area contributed by atoms with Crippen molar-refractivity contribution in [1.29, 1.82) is 0 Å². The van der Waals surface area contributed by atoms with Crippen molar-refractivity contribution in [2.24, 2.45) is 0 Å². The molecule has 1 saturated heterocycles. The average molecular weight is 255 g/mol. The van der Waals surface area contributed by atoms with Crippen molar-refractivity contribution in [1.82, 2.24) is 10.2 Å². The van der Waals surface area contributed by atoms with E-state index in [0.717, 1.165) is 0 Å². The highest BCUT2D eigenvalue weighted by atomic mass is 35.5. The first-order valence-corrected chi connectivity index (χ1v) is 5.49. The van der Waals surface area contributed by atoms with Crippen LogP contribution in [-0.2, 0) is 4.79 Å². The molecule has 0 radical (unpaired) electrons. The van der Waals surface area contributed by atoms with Crippen LogP contribution in [0.15, 0.2) is 24.3 Å². The first-order valence-electron chi connectivity index (χ1n) is 5.11. The predicted octanol–water partition coefficient (Wildman–Crippen LogP) is 0.925. The number of imide groups is 1. The van der Waals surface area contributed by atoms with Crippen LogP contribution in [0.2, 0.25) is 5.02 Å². The number of benzene rings is 1. The monoisotopic (exact) mass is 254 g/mol. The maximum Gasteiger partial charge on any atom is 0.325 e. The van der Waals surface area contributed by atoms with Crippen LogP contribution in [-0.4, -0.2) is 35.1 Å². The van der Waals surface area contributed by atoms with E-state index in [2.05, 4.69) is 5.32 Å². The van der Waals surface area contributed by atoms with Gasteiger partial charge >= 0.3 is 6.03 Å². The first kappa shape index (κ1) is 11.9. The van der Waals surface area contributed by atoms with Crippen LogP contribution in [0.4, 0.5) is 4.79 Å². The van der Waals surface area contributed by atoms with Gasteiger partial charge in [0.15, 0.2) is 0 Å². The zero-order chi connectivity index (χ0) is 12.4. The number of β-amino-alcohol motifs (C(OH)–C–C–N with tert-alkyl or cyclic N) is 1. The van der Waals surface area contributed by atoms with E-state index in [-0.39, 0.29) is 19.1 Å². The molecule has 1 aromatic rings. The van der Waals surface area contributed by atoms with Crippen molar-refractivity contribution in [3.05, 3.63) is 34.9 Å². The van der Waals surface area contributed by atoms with Crippen molar-refractivity contribution in [2.45, 2.75) is 6.04 Å². The Morgan fingerprint density at radius 3 is 2.53 bits per heavy atom. The molecule has 3 amide bonds. The quantitative estimate of drug-likeness (QED) is 0.789. The second kappa shape index (κ2) is 4.73. The molecule has 2 rings (SSSR count). The number of hydrogen-bond donors (Lipinski definition) is 2. The maximum absolute atomic E-state index is 11.7. The number of amides is 3. The molecule has 5 nitrogen and oxygen atoms in total. The summed E-state index contributed by atoms with van der Waals surface area (Å²) >= 11 is 5.76. The lowest BCUT2D eigenvalue weighted by Crippen LogP contribution is -2.32. The Balaban J connectivity index is 2.31. The molecule has 0 saturated carbocycles. The third-order valence-corrected chi connectivity index (χ3v) is 2.83. The Labute approximate surface area is 103 Å². The second-order valence-corrected chi connectivity index (χ2v) is 4.10. The van der Waals surface area contributed by atoms with Gasteiger partial charge in [0.2, 0.25) is 0 Å². The smallest absolute Gasteiger partial charge is 0.325 e. The second-order valence-electron chi connectivity index (χ2n) is 3.67. The van der Waals surface area contributed by atoms with Crippen LogP contribution < -0.4 is 5.32 Å². The van der Waals surface area contributed by atoms with Crippen LogP contribution in [0.1, 0.15) is 11.6 Å². The summed E-state index contributed by atoms with van der Waals surface area (Å²) < 4.78 is 0. The third kappa shape index (κ3) is 2.25. The van der Waals surface area contributed by atoms with Gasteiger partial charge in [-0.2, -0.15) is 0 Å². The Hall–Kier alpha value is -1.59. The van der Waals surface area contributed by atoms with Gasteiger partial charge in [-0.25, -0.2) is 4.79 Å². The molecular weight excluding hydrogens is 244 g/mol. The summed E-state index contributed by atoms with van der Waals surface area (Å²) in [5.74, 6) is -0.384. The van der Waals surface area contributed by atoms with Gasteiger partial charge in [-0.3, -0.25) is 10.1 Å². The number of carbonyl (C=O) groups is 2. The van der Waals surface area contributed by atoms with Gasteiger partial charge in [0.1, 0.15) is 6.04 Å². The van der Waals surface area contributed by atoms with Crippen LogP contribution in [0, 0.1) is 0 Å². The highest BCUT2D eigenvalue weighted by molar-refractivity contribution is 6.30. The highest BCUT2D eigenvalue weighted by Gasteiger charge is 2.38. The zero-order valence-corrected chi connectivity index (χ0v) is 9.65. The van der Waals surface area contributed by atoms with E-state index < -0.39 is 12.1 Å². The van der Waals surface area contributed by atoms with Crippen molar-refractivity contribution in [3.63, 3.8) is 0 Å². The summed E-state index contributed by atoms with van der Waals surface area (Å²) in [6.07, 6.45) is 0. The van der Waals surface area contributed by atoms with Gasteiger partial charge < -0.3 is 10.0 Å². The minimum atomic E-state index is -0.688. The third-order valence-electron chi connectivity index (χ3n) is 2.58. The van der Waals surface area contributed by atoms with Gasteiger partial charge in [-0.15, -0.1) is 0 Å². The van der Waals surface area contributed by atoms with Crippen LogP contribution in [0.5, 0.6) is 0 Å². The Morgan fingerprint density at radius 2 is 1.94 bits per heavy atom. The molecule has 90 valence electrons. The first-order chi connectivity index (χ1) is 8.13. The van der Waals surface area contributed by atoms with Gasteiger partial charge in [0.25, 0.3) is 5.91 Å². The Bertz CT molecular complexity index is 447. The summed E-state index contributed by atoms with van der Waals surface area (Å²) in [7, 11) is 0. The summed E-state index contributed by atoms with van der Waals surface area (Å²) in [6, 6.07) is 5.52. The Morgan fingerprint density at radius 1 is 1.29 bits per heavy atom. The highest BCUT2D eigenvalue weighted by Crippen LogP contribution is 2.26. The van der Waals surface area contributed by atoms with Gasteiger partial charge in [-0.05, 0) is 17.7 Å². The molecule has 1 aromatic carbocycles. The van der Waals surface area contributed by atoms with E-state index in [1.54, 1.807) is 24.3 Å². The van der Waals surface area contributed by atoms with Gasteiger partial charge in [0, 0.05) is 11.6 Å². The summed E-state index contributed by atoms with van der Waals surface area (Å²) in [5, 5.41) is 11.7. The molecule has 1 aliphatic heterocycles. The van der Waals surface area contributed by atoms with Crippen molar-refractivity contribution in [3.8, 4) is 0 Å². The number of aliphatic hydroxyl groups is 1. The minimum Gasteiger partial charge on any atom is -0.395 e. The number of rotatable bonds is 3. The molecule has 0 aromatic heterocycles. The normalized spacial score (nSPS) is 19.6. The number of nitrogens with zero attached hydrogens (tertiary/aromatic N) is 1. The Kier molecular flexibility index (Phi) is 3.31. The van der Waals surface area contributed by atoms with E-state index in [4.69, 9.17) is 16.7 Å². The van der Waals surface area contributed by atoms with Crippen molar-refractivity contribution < 1.29 is 14.7 Å². The van der Waals surface area contributed by atoms with Gasteiger partial charge in [-0.1, -0.05) is 23.7 Å². The summed E-state index contributed by atoms with van der Waals surface area (Å²) in [4.78, 5) is 24.4. The van der Waals surface area contributed by atoms with E-state index in [0.29, 0.717) is 10.6 Å². The average Bonchev–Trinajstić information content (AvgIpc) is 2.56. The van der Waals surface area contributed by atoms with Crippen LogP contribution in [0.25, 0.3) is 0 Å². The van der Waals surface area contributed by atoms with E-state index in [9.17, 15) is 9.59 Å². The number of aliphatic hydroxyl groups excluding tert-OH is 1. The molecule has 17 heavy (non-hydrogen) atoms. The van der Waals surface area contributed by atoms with E-state index in [1.807, 2.05) is 0 Å².